The summed E-state index contributed by atoms with van der Waals surface area (Å²) >= 11 is 18.8. The number of aliphatic hydroxyl groups is 1. The van der Waals surface area contributed by atoms with Crippen LogP contribution < -0.4 is 5.32 Å². The number of halogens is 3. The van der Waals surface area contributed by atoms with E-state index in [-0.39, 0.29) is 0 Å². The van der Waals surface area contributed by atoms with Crippen LogP contribution in [0.15, 0.2) is 18.2 Å². The fourth-order valence-corrected chi connectivity index (χ4v) is 2.95. The molecule has 0 spiro atoms. The van der Waals surface area contributed by atoms with Crippen molar-refractivity contribution in [3.8, 4) is 0 Å². The van der Waals surface area contributed by atoms with Gasteiger partial charge in [-0.2, -0.15) is 5.10 Å². The van der Waals surface area contributed by atoms with E-state index in [1.54, 1.807) is 29.8 Å². The van der Waals surface area contributed by atoms with Gasteiger partial charge in [0.25, 0.3) is 0 Å². The smallest absolute Gasteiger partial charge is 0.132 e. The van der Waals surface area contributed by atoms with Crippen LogP contribution in [0.5, 0.6) is 0 Å². The number of benzene rings is 1. The first-order valence-corrected chi connectivity index (χ1v) is 8.07. The highest BCUT2D eigenvalue weighted by atomic mass is 35.5. The Balaban J connectivity index is 2.19. The van der Waals surface area contributed by atoms with Gasteiger partial charge in [-0.1, -0.05) is 40.9 Å². The molecule has 4 nitrogen and oxygen atoms in total. The molecule has 1 heterocycles. The van der Waals surface area contributed by atoms with E-state index in [2.05, 4.69) is 10.4 Å². The van der Waals surface area contributed by atoms with Gasteiger partial charge in [0.05, 0.1) is 18.3 Å². The first-order valence-electron chi connectivity index (χ1n) is 6.93. The van der Waals surface area contributed by atoms with E-state index in [0.29, 0.717) is 34.8 Å². The molecular weight excluding hydrogens is 345 g/mol. The van der Waals surface area contributed by atoms with Crippen molar-refractivity contribution < 1.29 is 5.11 Å². The molecule has 1 aromatic heterocycles. The molecule has 1 aromatic carbocycles. The lowest BCUT2D eigenvalue weighted by molar-refractivity contribution is 0.191. The molecule has 1 atom stereocenters. The first kappa shape index (κ1) is 17.6. The highest BCUT2D eigenvalue weighted by Crippen LogP contribution is 2.27. The van der Waals surface area contributed by atoms with Gasteiger partial charge in [-0.3, -0.25) is 0 Å². The van der Waals surface area contributed by atoms with E-state index in [1.165, 1.54) is 0 Å². The largest absolute Gasteiger partial charge is 0.392 e. The van der Waals surface area contributed by atoms with Crippen molar-refractivity contribution >= 4 is 34.8 Å². The summed E-state index contributed by atoms with van der Waals surface area (Å²) in [5.74, 6) is 0. The van der Waals surface area contributed by atoms with Crippen molar-refractivity contribution in [1.29, 1.82) is 0 Å². The molecule has 0 radical (unpaired) electrons. The van der Waals surface area contributed by atoms with Gasteiger partial charge in [0.2, 0.25) is 0 Å². The van der Waals surface area contributed by atoms with Crippen molar-refractivity contribution in [2.45, 2.75) is 33.0 Å². The fraction of sp³-hybridized carbons (Fsp3) is 0.400. The van der Waals surface area contributed by atoms with Crippen LogP contribution in [0.1, 0.15) is 23.7 Å². The van der Waals surface area contributed by atoms with Crippen molar-refractivity contribution in [2.75, 3.05) is 6.54 Å². The molecule has 0 fully saturated rings. The molecule has 0 bridgehead atoms. The van der Waals surface area contributed by atoms with E-state index in [4.69, 9.17) is 34.8 Å². The van der Waals surface area contributed by atoms with Crippen LogP contribution in [0.2, 0.25) is 15.2 Å². The summed E-state index contributed by atoms with van der Waals surface area (Å²) in [7, 11) is 0. The van der Waals surface area contributed by atoms with E-state index >= 15 is 0 Å². The number of aromatic nitrogens is 2. The van der Waals surface area contributed by atoms with Crippen LogP contribution >= 0.6 is 34.8 Å². The van der Waals surface area contributed by atoms with Crippen LogP contribution in [-0.2, 0) is 13.1 Å². The Morgan fingerprint density at radius 1 is 1.23 bits per heavy atom. The molecule has 0 unspecified atom stereocenters. The summed E-state index contributed by atoms with van der Waals surface area (Å²) in [4.78, 5) is 0. The van der Waals surface area contributed by atoms with Crippen molar-refractivity contribution in [1.82, 2.24) is 15.1 Å². The SMILES string of the molecule is Cc1nn(Cc2c(Cl)cccc2Cl)c(Cl)c1CNC[C@H](C)O. The third-order valence-electron chi connectivity index (χ3n) is 3.29. The lowest BCUT2D eigenvalue weighted by Gasteiger charge is -2.09. The Morgan fingerprint density at radius 2 is 1.86 bits per heavy atom. The van der Waals surface area contributed by atoms with Gasteiger partial charge in [-0.15, -0.1) is 0 Å². The molecule has 120 valence electrons. The van der Waals surface area contributed by atoms with Crippen LogP contribution in [0.4, 0.5) is 0 Å². The second-order valence-corrected chi connectivity index (χ2v) is 6.36. The number of hydrogen-bond acceptors (Lipinski definition) is 3. The minimum absolute atomic E-state index is 0.406. The summed E-state index contributed by atoms with van der Waals surface area (Å²) in [6.45, 7) is 5.08. The normalized spacial score (nSPS) is 12.6. The molecular formula is C15H18Cl3N3O. The average Bonchev–Trinajstić information content (AvgIpc) is 2.70. The molecule has 7 heteroatoms. The Labute approximate surface area is 145 Å². The predicted octanol–water partition coefficient (Wildman–Crippen LogP) is 3.67. The number of hydrogen-bond donors (Lipinski definition) is 2. The maximum atomic E-state index is 9.28. The molecule has 0 saturated carbocycles. The Kier molecular flexibility index (Phi) is 6.12. The molecule has 2 N–H and O–H groups in total. The zero-order chi connectivity index (χ0) is 16.3. The monoisotopic (exact) mass is 361 g/mol. The van der Waals surface area contributed by atoms with Crippen LogP contribution in [0.3, 0.4) is 0 Å². The number of aliphatic hydroxyl groups excluding tert-OH is 1. The van der Waals surface area contributed by atoms with Gasteiger partial charge in [-0.05, 0) is 26.0 Å². The van der Waals surface area contributed by atoms with Gasteiger partial charge in [0, 0.05) is 34.3 Å². The topological polar surface area (TPSA) is 50.1 Å². The predicted molar refractivity (Wildman–Crippen MR) is 90.9 cm³/mol. The minimum atomic E-state index is -0.406. The van der Waals surface area contributed by atoms with E-state index in [0.717, 1.165) is 16.8 Å². The third-order valence-corrected chi connectivity index (χ3v) is 4.43. The molecule has 2 aromatic rings. The number of nitrogens with one attached hydrogen (secondary N) is 1. The number of rotatable bonds is 6. The van der Waals surface area contributed by atoms with E-state index in [1.807, 2.05) is 6.92 Å². The van der Waals surface area contributed by atoms with Gasteiger partial charge in [0.15, 0.2) is 0 Å². The standard InChI is InChI=1S/C15H18Cl3N3O/c1-9(22)6-19-7-11-10(2)20-21(15(11)18)8-12-13(16)4-3-5-14(12)17/h3-5,9,19,22H,6-8H2,1-2H3/t9-/m0/s1. The Hall–Kier alpha value is -0.780. The molecule has 2 rings (SSSR count). The summed E-state index contributed by atoms with van der Waals surface area (Å²) in [6.07, 6.45) is -0.406. The van der Waals surface area contributed by atoms with Crippen LogP contribution in [-0.4, -0.2) is 27.5 Å². The lowest BCUT2D eigenvalue weighted by Crippen LogP contribution is -2.24. The first-order chi connectivity index (χ1) is 10.4. The van der Waals surface area contributed by atoms with Crippen molar-refractivity contribution in [2.24, 2.45) is 0 Å². The number of aryl methyl sites for hydroxylation is 1. The van der Waals surface area contributed by atoms with Gasteiger partial charge in [0.1, 0.15) is 5.15 Å². The Bertz CT molecular complexity index is 635. The van der Waals surface area contributed by atoms with Crippen LogP contribution in [0, 0.1) is 6.92 Å². The quantitative estimate of drug-likeness (QED) is 0.824. The summed E-state index contributed by atoms with van der Waals surface area (Å²) in [5.41, 5.74) is 2.54. The number of nitrogens with zero attached hydrogens (tertiary/aromatic N) is 2. The van der Waals surface area contributed by atoms with E-state index < -0.39 is 6.10 Å². The molecule has 0 aliphatic carbocycles. The Morgan fingerprint density at radius 3 is 2.45 bits per heavy atom. The summed E-state index contributed by atoms with van der Waals surface area (Å²) in [6, 6.07) is 5.38. The zero-order valence-corrected chi connectivity index (χ0v) is 14.7. The van der Waals surface area contributed by atoms with Gasteiger partial charge >= 0.3 is 0 Å². The van der Waals surface area contributed by atoms with Crippen LogP contribution in [0.25, 0.3) is 0 Å². The zero-order valence-electron chi connectivity index (χ0n) is 12.4. The maximum absolute atomic E-state index is 9.28. The minimum Gasteiger partial charge on any atom is -0.392 e. The lowest BCUT2D eigenvalue weighted by atomic mass is 10.2. The summed E-state index contributed by atoms with van der Waals surface area (Å²) < 4.78 is 1.68. The average molecular weight is 363 g/mol. The molecule has 0 amide bonds. The maximum Gasteiger partial charge on any atom is 0.132 e. The fourth-order valence-electron chi connectivity index (χ4n) is 2.14. The molecule has 0 saturated heterocycles. The highest BCUT2D eigenvalue weighted by molar-refractivity contribution is 6.36. The summed E-state index contributed by atoms with van der Waals surface area (Å²) in [5, 5.41) is 18.6. The second kappa shape index (κ2) is 7.66. The van der Waals surface area contributed by atoms with Crippen molar-refractivity contribution in [3.63, 3.8) is 0 Å². The van der Waals surface area contributed by atoms with Gasteiger partial charge < -0.3 is 10.4 Å². The highest BCUT2D eigenvalue weighted by Gasteiger charge is 2.15. The second-order valence-electron chi connectivity index (χ2n) is 5.19. The molecule has 22 heavy (non-hydrogen) atoms. The van der Waals surface area contributed by atoms with Crippen molar-refractivity contribution in [3.05, 3.63) is 50.2 Å². The third kappa shape index (κ3) is 4.15. The van der Waals surface area contributed by atoms with Gasteiger partial charge in [-0.25, -0.2) is 4.68 Å². The molecule has 0 aliphatic rings. The van der Waals surface area contributed by atoms with E-state index in [9.17, 15) is 5.11 Å². The molecule has 0 aliphatic heterocycles.